The number of hydrogen-bond acceptors (Lipinski definition) is 2. The summed E-state index contributed by atoms with van der Waals surface area (Å²) in [7, 11) is -1.27. The molecule has 0 spiro atoms. The predicted molar refractivity (Wildman–Crippen MR) is 87.2 cm³/mol. The second-order valence-electron chi connectivity index (χ2n) is 6.14. The molecule has 1 aromatic carbocycles. The highest BCUT2D eigenvalue weighted by Crippen LogP contribution is 2.38. The normalized spacial score (nSPS) is 28.3. The van der Waals surface area contributed by atoms with Crippen molar-refractivity contribution >= 4 is 10.8 Å². The van der Waals surface area contributed by atoms with E-state index in [4.69, 9.17) is 0 Å². The van der Waals surface area contributed by atoms with Crippen LogP contribution in [0.5, 0.6) is 0 Å². The Hall–Kier alpha value is -1.40. The third-order valence-electron chi connectivity index (χ3n) is 4.52. The first-order chi connectivity index (χ1) is 10.1. The molecule has 0 radical (unpaired) electrons. The van der Waals surface area contributed by atoms with Crippen molar-refractivity contribution in [2.45, 2.75) is 43.3 Å². The fraction of sp³-hybridized carbons (Fsp3) is 0.500. The minimum Gasteiger partial charge on any atom is -0.253 e. The molecule has 5 unspecified atom stereocenters. The summed E-state index contributed by atoms with van der Waals surface area (Å²) in [5.41, 5.74) is 1.14. The third kappa shape index (κ3) is 3.63. The summed E-state index contributed by atoms with van der Waals surface area (Å²) < 4.78 is 12.8. The number of nitrogens with zero attached hydrogens (tertiary/aromatic N) is 1. The second kappa shape index (κ2) is 7.04. The van der Waals surface area contributed by atoms with E-state index in [-0.39, 0.29) is 5.92 Å². The number of rotatable bonds is 4. The monoisotopic (exact) mass is 301 g/mol. The zero-order valence-electron chi connectivity index (χ0n) is 12.8. The number of hydrogen-bond donors (Lipinski definition) is 0. The van der Waals surface area contributed by atoms with Crippen molar-refractivity contribution in [2.24, 2.45) is 17.8 Å². The van der Waals surface area contributed by atoms with Crippen LogP contribution in [0, 0.1) is 36.0 Å². The van der Waals surface area contributed by atoms with Gasteiger partial charge in [-0.3, -0.25) is 4.21 Å². The van der Waals surface area contributed by atoms with Crippen molar-refractivity contribution < 1.29 is 4.21 Å². The van der Waals surface area contributed by atoms with E-state index in [1.807, 2.05) is 37.3 Å². The molecule has 2 nitrogen and oxygen atoms in total. The van der Waals surface area contributed by atoms with Crippen LogP contribution in [0.2, 0.25) is 0 Å². The zero-order chi connectivity index (χ0) is 15.4. The Kier molecular flexibility index (Phi) is 5.36. The summed E-state index contributed by atoms with van der Waals surface area (Å²) in [4.78, 5) is 0.758. The first-order valence-electron chi connectivity index (χ1n) is 7.56. The lowest BCUT2D eigenvalue weighted by molar-refractivity contribution is 0.232. The van der Waals surface area contributed by atoms with E-state index < -0.39 is 16.0 Å². The number of nitriles is 1. The molecule has 0 heterocycles. The van der Waals surface area contributed by atoms with Gasteiger partial charge in [-0.15, -0.1) is 6.58 Å². The standard InChI is InChI=1S/C18H23NOS/c1-4-15-8-5-14(3)11-17(15)18(12-19)21(20)16-9-6-13(2)7-10-16/h4,6-7,9-10,14-15,17-18H,1,5,8,11H2,2-3H3. The second-order valence-corrected chi connectivity index (χ2v) is 7.72. The minimum absolute atomic E-state index is 0.151. The van der Waals surface area contributed by atoms with Gasteiger partial charge in [-0.25, -0.2) is 0 Å². The molecular formula is C18H23NOS. The molecule has 3 heteroatoms. The van der Waals surface area contributed by atoms with Crippen molar-refractivity contribution in [3.63, 3.8) is 0 Å². The van der Waals surface area contributed by atoms with E-state index in [9.17, 15) is 9.47 Å². The van der Waals surface area contributed by atoms with Gasteiger partial charge in [0.2, 0.25) is 0 Å². The molecule has 1 aromatic rings. The molecule has 112 valence electrons. The van der Waals surface area contributed by atoms with Gasteiger partial charge >= 0.3 is 0 Å². The van der Waals surface area contributed by atoms with Gasteiger partial charge in [0.15, 0.2) is 0 Å². The Morgan fingerprint density at radius 2 is 2.05 bits per heavy atom. The maximum Gasteiger partial charge on any atom is 0.129 e. The lowest BCUT2D eigenvalue weighted by Crippen LogP contribution is -2.34. The van der Waals surface area contributed by atoms with Crippen molar-refractivity contribution in [1.82, 2.24) is 0 Å². The maximum atomic E-state index is 12.8. The third-order valence-corrected chi connectivity index (χ3v) is 6.17. The molecular weight excluding hydrogens is 278 g/mol. The van der Waals surface area contributed by atoms with E-state index in [0.717, 1.165) is 23.3 Å². The highest BCUT2D eigenvalue weighted by Gasteiger charge is 2.36. The highest BCUT2D eigenvalue weighted by atomic mass is 32.2. The van der Waals surface area contributed by atoms with E-state index in [1.165, 1.54) is 6.42 Å². The highest BCUT2D eigenvalue weighted by molar-refractivity contribution is 7.86. The molecule has 0 aliphatic heterocycles. The molecule has 2 rings (SSSR count). The van der Waals surface area contributed by atoms with Crippen LogP contribution in [-0.4, -0.2) is 9.46 Å². The lowest BCUT2D eigenvalue weighted by atomic mass is 9.73. The van der Waals surface area contributed by atoms with Gasteiger partial charge in [-0.2, -0.15) is 5.26 Å². The summed E-state index contributed by atoms with van der Waals surface area (Å²) >= 11 is 0. The van der Waals surface area contributed by atoms with Crippen LogP contribution in [0.4, 0.5) is 0 Å². The molecule has 1 saturated carbocycles. The van der Waals surface area contributed by atoms with Crippen molar-refractivity contribution in [3.05, 3.63) is 42.5 Å². The van der Waals surface area contributed by atoms with Gasteiger partial charge < -0.3 is 0 Å². The molecule has 5 atom stereocenters. The zero-order valence-corrected chi connectivity index (χ0v) is 13.6. The van der Waals surface area contributed by atoms with E-state index in [2.05, 4.69) is 19.6 Å². The van der Waals surface area contributed by atoms with Crippen LogP contribution in [-0.2, 0) is 10.8 Å². The Morgan fingerprint density at radius 3 is 2.62 bits per heavy atom. The summed E-state index contributed by atoms with van der Waals surface area (Å²) in [6.45, 7) is 8.13. The SMILES string of the molecule is C=CC1CCC(C)CC1C(C#N)S(=O)c1ccc(C)cc1. The predicted octanol–water partition coefficient (Wildman–Crippen LogP) is 4.23. The summed E-state index contributed by atoms with van der Waals surface area (Å²) in [6, 6.07) is 9.99. The molecule has 1 fully saturated rings. The Morgan fingerprint density at radius 1 is 1.38 bits per heavy atom. The van der Waals surface area contributed by atoms with Gasteiger partial charge in [-0.05, 0) is 49.7 Å². The average molecular weight is 301 g/mol. The fourth-order valence-corrected chi connectivity index (χ4v) is 4.63. The van der Waals surface area contributed by atoms with Crippen molar-refractivity contribution in [3.8, 4) is 6.07 Å². The topological polar surface area (TPSA) is 40.9 Å². The molecule has 21 heavy (non-hydrogen) atoms. The number of aryl methyl sites for hydroxylation is 1. The van der Waals surface area contributed by atoms with Crippen LogP contribution < -0.4 is 0 Å². The number of benzene rings is 1. The Bertz CT molecular complexity index is 558. The first kappa shape index (κ1) is 16.0. The molecule has 0 amide bonds. The van der Waals surface area contributed by atoms with Gasteiger partial charge in [0.25, 0.3) is 0 Å². The van der Waals surface area contributed by atoms with Crippen LogP contribution in [0.3, 0.4) is 0 Å². The summed E-state index contributed by atoms with van der Waals surface area (Å²) in [6.07, 6.45) is 5.14. The molecule has 1 aliphatic carbocycles. The first-order valence-corrected chi connectivity index (χ1v) is 8.77. The lowest BCUT2D eigenvalue weighted by Gasteiger charge is -2.35. The van der Waals surface area contributed by atoms with E-state index in [0.29, 0.717) is 11.8 Å². The maximum absolute atomic E-state index is 12.8. The van der Waals surface area contributed by atoms with Gasteiger partial charge in [0.1, 0.15) is 5.25 Å². The molecule has 1 aliphatic rings. The smallest absolute Gasteiger partial charge is 0.129 e. The van der Waals surface area contributed by atoms with Crippen LogP contribution >= 0.6 is 0 Å². The quantitative estimate of drug-likeness (QED) is 0.781. The summed E-state index contributed by atoms with van der Waals surface area (Å²) in [5.74, 6) is 1.05. The van der Waals surface area contributed by atoms with E-state index >= 15 is 0 Å². The van der Waals surface area contributed by atoms with Crippen LogP contribution in [0.1, 0.15) is 31.7 Å². The molecule has 0 N–H and O–H groups in total. The Labute approximate surface area is 130 Å². The molecule has 0 saturated heterocycles. The van der Waals surface area contributed by atoms with E-state index in [1.54, 1.807) is 0 Å². The number of allylic oxidation sites excluding steroid dienone is 1. The van der Waals surface area contributed by atoms with Gasteiger partial charge in [0.05, 0.1) is 16.9 Å². The summed E-state index contributed by atoms with van der Waals surface area (Å²) in [5, 5.41) is 9.14. The van der Waals surface area contributed by atoms with Gasteiger partial charge in [0, 0.05) is 4.90 Å². The van der Waals surface area contributed by atoms with Crippen LogP contribution in [0.15, 0.2) is 41.8 Å². The van der Waals surface area contributed by atoms with Gasteiger partial charge in [-0.1, -0.05) is 37.1 Å². The minimum atomic E-state index is -1.27. The van der Waals surface area contributed by atoms with Crippen molar-refractivity contribution in [2.75, 3.05) is 0 Å². The molecule has 0 aromatic heterocycles. The molecule has 0 bridgehead atoms. The van der Waals surface area contributed by atoms with Crippen LogP contribution in [0.25, 0.3) is 0 Å². The Balaban J connectivity index is 2.25. The largest absolute Gasteiger partial charge is 0.253 e. The fourth-order valence-electron chi connectivity index (χ4n) is 3.21. The average Bonchev–Trinajstić information content (AvgIpc) is 2.49. The van der Waals surface area contributed by atoms with Crippen molar-refractivity contribution in [1.29, 1.82) is 5.26 Å².